The molecular weight excluding hydrogens is 276 g/mol. The molecule has 114 valence electrons. The van der Waals surface area contributed by atoms with Crippen LogP contribution in [0.25, 0.3) is 0 Å². The van der Waals surface area contributed by atoms with Crippen LogP contribution in [0.3, 0.4) is 0 Å². The number of aryl methyl sites for hydroxylation is 1. The van der Waals surface area contributed by atoms with Crippen molar-refractivity contribution in [2.75, 3.05) is 12.4 Å². The number of amides is 2. The molecule has 0 aliphatic rings. The Kier molecular flexibility index (Phi) is 4.94. The van der Waals surface area contributed by atoms with E-state index >= 15 is 0 Å². The minimum atomic E-state index is -0.148. The second kappa shape index (κ2) is 6.89. The van der Waals surface area contributed by atoms with E-state index in [1.807, 2.05) is 43.3 Å². The van der Waals surface area contributed by atoms with E-state index in [9.17, 15) is 9.59 Å². The van der Waals surface area contributed by atoms with Gasteiger partial charge in [0.05, 0.1) is 0 Å². The van der Waals surface area contributed by atoms with Crippen molar-refractivity contribution in [1.82, 2.24) is 4.90 Å². The van der Waals surface area contributed by atoms with Crippen molar-refractivity contribution >= 4 is 17.5 Å². The fraction of sp³-hybridized carbons (Fsp3) is 0.222. The first kappa shape index (κ1) is 15.8. The Morgan fingerprint density at radius 1 is 1.09 bits per heavy atom. The predicted octanol–water partition coefficient (Wildman–Crippen LogP) is 3.23. The highest BCUT2D eigenvalue weighted by Gasteiger charge is 2.13. The Bertz CT molecular complexity index is 681. The largest absolute Gasteiger partial charge is 0.337 e. The molecule has 22 heavy (non-hydrogen) atoms. The van der Waals surface area contributed by atoms with Gasteiger partial charge in [-0.15, -0.1) is 0 Å². The molecule has 0 saturated heterocycles. The first-order valence-corrected chi connectivity index (χ1v) is 7.15. The molecule has 2 aromatic rings. The SMILES string of the molecule is CC(=O)Nc1cc(C(=O)N(C)Cc2ccccc2)ccc1C. The summed E-state index contributed by atoms with van der Waals surface area (Å²) in [6.45, 7) is 3.89. The molecule has 0 fully saturated rings. The second-order valence-electron chi connectivity index (χ2n) is 5.36. The van der Waals surface area contributed by atoms with E-state index < -0.39 is 0 Å². The number of carbonyl (C=O) groups excluding carboxylic acids is 2. The van der Waals surface area contributed by atoms with Crippen LogP contribution in [0.4, 0.5) is 5.69 Å². The van der Waals surface area contributed by atoms with Gasteiger partial charge in [0.1, 0.15) is 0 Å². The molecule has 0 radical (unpaired) electrons. The monoisotopic (exact) mass is 296 g/mol. The summed E-state index contributed by atoms with van der Waals surface area (Å²) in [5.74, 6) is -0.221. The van der Waals surface area contributed by atoms with Gasteiger partial charge in [-0.2, -0.15) is 0 Å². The fourth-order valence-electron chi connectivity index (χ4n) is 2.23. The Hall–Kier alpha value is -2.62. The minimum Gasteiger partial charge on any atom is -0.337 e. The molecule has 0 saturated carbocycles. The molecule has 1 N–H and O–H groups in total. The van der Waals surface area contributed by atoms with Crippen molar-refractivity contribution < 1.29 is 9.59 Å². The molecule has 4 nitrogen and oxygen atoms in total. The lowest BCUT2D eigenvalue weighted by atomic mass is 10.1. The van der Waals surface area contributed by atoms with Gasteiger partial charge in [0.2, 0.25) is 5.91 Å². The molecule has 0 aromatic heterocycles. The van der Waals surface area contributed by atoms with Crippen molar-refractivity contribution in [3.63, 3.8) is 0 Å². The molecule has 0 atom stereocenters. The van der Waals surface area contributed by atoms with Crippen LogP contribution in [0.15, 0.2) is 48.5 Å². The van der Waals surface area contributed by atoms with Gasteiger partial charge in [0.15, 0.2) is 0 Å². The van der Waals surface area contributed by atoms with Crippen LogP contribution in [-0.4, -0.2) is 23.8 Å². The average molecular weight is 296 g/mol. The summed E-state index contributed by atoms with van der Waals surface area (Å²) in [6.07, 6.45) is 0. The normalized spacial score (nSPS) is 10.1. The van der Waals surface area contributed by atoms with Crippen molar-refractivity contribution in [3.8, 4) is 0 Å². The molecule has 0 unspecified atom stereocenters. The predicted molar refractivity (Wildman–Crippen MR) is 87.7 cm³/mol. The van der Waals surface area contributed by atoms with Gasteiger partial charge in [-0.05, 0) is 30.2 Å². The molecule has 0 aliphatic heterocycles. The third-order valence-corrected chi connectivity index (χ3v) is 3.40. The number of nitrogens with one attached hydrogen (secondary N) is 1. The van der Waals surface area contributed by atoms with Crippen LogP contribution in [-0.2, 0) is 11.3 Å². The first-order valence-electron chi connectivity index (χ1n) is 7.15. The van der Waals surface area contributed by atoms with Crippen molar-refractivity contribution in [1.29, 1.82) is 0 Å². The van der Waals surface area contributed by atoms with Crippen LogP contribution >= 0.6 is 0 Å². The van der Waals surface area contributed by atoms with Crippen LogP contribution in [0, 0.1) is 6.92 Å². The van der Waals surface area contributed by atoms with E-state index in [1.165, 1.54) is 6.92 Å². The number of benzene rings is 2. The molecule has 0 spiro atoms. The number of rotatable bonds is 4. The standard InChI is InChI=1S/C18H20N2O2/c1-13-9-10-16(11-17(13)19-14(2)21)18(22)20(3)12-15-7-5-4-6-8-15/h4-11H,12H2,1-3H3,(H,19,21). The topological polar surface area (TPSA) is 49.4 Å². The molecule has 0 heterocycles. The second-order valence-corrected chi connectivity index (χ2v) is 5.36. The molecule has 2 amide bonds. The summed E-state index contributed by atoms with van der Waals surface area (Å²) in [5, 5.41) is 2.75. The van der Waals surface area contributed by atoms with Gasteiger partial charge in [-0.3, -0.25) is 9.59 Å². The third kappa shape index (κ3) is 3.95. The van der Waals surface area contributed by atoms with Crippen LogP contribution < -0.4 is 5.32 Å². The lowest BCUT2D eigenvalue weighted by molar-refractivity contribution is -0.114. The van der Waals surface area contributed by atoms with E-state index in [0.717, 1.165) is 11.1 Å². The van der Waals surface area contributed by atoms with E-state index in [2.05, 4.69) is 5.32 Å². The number of anilines is 1. The van der Waals surface area contributed by atoms with E-state index in [1.54, 1.807) is 24.1 Å². The first-order chi connectivity index (χ1) is 10.5. The molecule has 2 aromatic carbocycles. The summed E-state index contributed by atoms with van der Waals surface area (Å²) in [7, 11) is 1.77. The van der Waals surface area contributed by atoms with Crippen LogP contribution in [0.2, 0.25) is 0 Å². The number of hydrogen-bond acceptors (Lipinski definition) is 2. The highest BCUT2D eigenvalue weighted by atomic mass is 16.2. The lowest BCUT2D eigenvalue weighted by Crippen LogP contribution is -2.26. The zero-order valence-electron chi connectivity index (χ0n) is 13.1. The van der Waals surface area contributed by atoms with Crippen molar-refractivity contribution in [3.05, 3.63) is 65.2 Å². The number of hydrogen-bond donors (Lipinski definition) is 1. The molecule has 0 bridgehead atoms. The summed E-state index contributed by atoms with van der Waals surface area (Å²) in [5.41, 5.74) is 3.24. The van der Waals surface area contributed by atoms with Gasteiger partial charge >= 0.3 is 0 Å². The minimum absolute atomic E-state index is 0.0737. The molecule has 2 rings (SSSR count). The Morgan fingerprint density at radius 2 is 1.77 bits per heavy atom. The highest BCUT2D eigenvalue weighted by molar-refractivity contribution is 5.97. The van der Waals surface area contributed by atoms with Gasteiger partial charge in [-0.1, -0.05) is 36.4 Å². The van der Waals surface area contributed by atoms with Crippen molar-refractivity contribution in [2.45, 2.75) is 20.4 Å². The van der Waals surface area contributed by atoms with Crippen molar-refractivity contribution in [2.24, 2.45) is 0 Å². The number of carbonyl (C=O) groups is 2. The van der Waals surface area contributed by atoms with Crippen LogP contribution in [0.1, 0.15) is 28.4 Å². The van der Waals surface area contributed by atoms with Gasteiger partial charge in [-0.25, -0.2) is 0 Å². The van der Waals surface area contributed by atoms with Gasteiger partial charge < -0.3 is 10.2 Å². The third-order valence-electron chi connectivity index (χ3n) is 3.40. The molecule has 0 aliphatic carbocycles. The summed E-state index contributed by atoms with van der Waals surface area (Å²) in [6, 6.07) is 15.2. The summed E-state index contributed by atoms with van der Waals surface area (Å²) >= 11 is 0. The lowest BCUT2D eigenvalue weighted by Gasteiger charge is -2.18. The summed E-state index contributed by atoms with van der Waals surface area (Å²) in [4.78, 5) is 25.4. The fourth-order valence-corrected chi connectivity index (χ4v) is 2.23. The maximum atomic E-state index is 12.5. The average Bonchev–Trinajstić information content (AvgIpc) is 2.49. The van der Waals surface area contributed by atoms with E-state index in [0.29, 0.717) is 17.8 Å². The summed E-state index contributed by atoms with van der Waals surface area (Å²) < 4.78 is 0. The van der Waals surface area contributed by atoms with Gasteiger partial charge in [0.25, 0.3) is 5.91 Å². The van der Waals surface area contributed by atoms with Crippen LogP contribution in [0.5, 0.6) is 0 Å². The maximum absolute atomic E-state index is 12.5. The van der Waals surface area contributed by atoms with Gasteiger partial charge in [0, 0.05) is 31.8 Å². The molecule has 4 heteroatoms. The Morgan fingerprint density at radius 3 is 2.41 bits per heavy atom. The Labute approximate surface area is 130 Å². The van der Waals surface area contributed by atoms with E-state index in [-0.39, 0.29) is 11.8 Å². The van der Waals surface area contributed by atoms with E-state index in [4.69, 9.17) is 0 Å². The zero-order chi connectivity index (χ0) is 16.1. The smallest absolute Gasteiger partial charge is 0.253 e. The quantitative estimate of drug-likeness (QED) is 0.941. The highest BCUT2D eigenvalue weighted by Crippen LogP contribution is 2.18. The number of nitrogens with zero attached hydrogens (tertiary/aromatic N) is 1. The maximum Gasteiger partial charge on any atom is 0.253 e. The zero-order valence-corrected chi connectivity index (χ0v) is 13.1. The Balaban J connectivity index is 2.16. The molecular formula is C18H20N2O2.